The number of likely N-dealkylation sites (tertiary alicyclic amines) is 1. The first-order valence-corrected chi connectivity index (χ1v) is 16.9. The summed E-state index contributed by atoms with van der Waals surface area (Å²) in [7, 11) is -0.857. The normalized spacial score (nSPS) is 17.7. The van der Waals surface area contributed by atoms with Crippen LogP contribution in [0.1, 0.15) is 19.0 Å². The monoisotopic (exact) mass is 736 g/mol. The van der Waals surface area contributed by atoms with Crippen molar-refractivity contribution >= 4 is 38.2 Å². The van der Waals surface area contributed by atoms with E-state index in [0.717, 1.165) is 24.5 Å². The Bertz CT molecular complexity index is 1650. The first-order valence-electron chi connectivity index (χ1n) is 13.1. The molecule has 0 bridgehead atoms. The summed E-state index contributed by atoms with van der Waals surface area (Å²) in [5, 5.41) is 3.55. The van der Waals surface area contributed by atoms with E-state index in [4.69, 9.17) is 4.74 Å². The van der Waals surface area contributed by atoms with E-state index >= 15 is 0 Å². The van der Waals surface area contributed by atoms with Crippen LogP contribution in [0, 0.1) is 11.8 Å². The maximum atomic E-state index is 14.6. The van der Waals surface area contributed by atoms with Crippen molar-refractivity contribution in [3.8, 4) is 17.6 Å². The molecule has 1 aliphatic rings. The molecule has 2 atom stereocenters. The van der Waals surface area contributed by atoms with Crippen LogP contribution >= 0.6 is 0 Å². The maximum absolute atomic E-state index is 14.6. The fraction of sp³-hybridized carbons (Fsp3) is 0.393. The van der Waals surface area contributed by atoms with Crippen molar-refractivity contribution in [2.45, 2.75) is 41.1 Å². The van der Waals surface area contributed by atoms with Crippen LogP contribution in [0.15, 0.2) is 47.4 Å². The molecule has 1 aliphatic heterocycles. The quantitative estimate of drug-likeness (QED) is 0.0990. The van der Waals surface area contributed by atoms with E-state index in [0.29, 0.717) is 28.8 Å². The van der Waals surface area contributed by atoms with E-state index in [9.17, 15) is 30.8 Å². The first-order chi connectivity index (χ1) is 20.3. The third kappa shape index (κ3) is 8.45. The molecular weight excluding hydrogens is 705 g/mol. The summed E-state index contributed by atoms with van der Waals surface area (Å²) < 4.78 is 91.3. The van der Waals surface area contributed by atoms with Gasteiger partial charge in [-0.2, -0.15) is 0 Å². The summed E-state index contributed by atoms with van der Waals surface area (Å²) in [6, 6.07) is 10.6. The topological polar surface area (TPSA) is 105 Å². The van der Waals surface area contributed by atoms with Crippen LogP contribution in [0.2, 0.25) is 0 Å². The number of piperidine rings is 1. The Morgan fingerprint density at radius 2 is 1.95 bits per heavy atom. The van der Waals surface area contributed by atoms with Gasteiger partial charge in [-0.1, -0.05) is 0 Å². The molecule has 0 radical (unpaired) electrons. The SMILES string of the molecule is COc1cc(S(=O)(=O)NC(C)=O)ccc1NCC#Cc1cc2c(N[I-]C3CCN(C)C[C@H]3F)cccc2n1CC(F)(F)F. The van der Waals surface area contributed by atoms with Crippen LogP contribution in [0.4, 0.5) is 28.9 Å². The van der Waals surface area contributed by atoms with Gasteiger partial charge in [0.1, 0.15) is 0 Å². The van der Waals surface area contributed by atoms with Gasteiger partial charge in [-0.15, -0.1) is 0 Å². The van der Waals surface area contributed by atoms with Gasteiger partial charge in [0.05, 0.1) is 12.0 Å². The number of nitrogens with one attached hydrogen (secondary N) is 3. The van der Waals surface area contributed by atoms with Gasteiger partial charge in [-0.25, -0.2) is 13.1 Å². The van der Waals surface area contributed by atoms with Crippen LogP contribution in [-0.2, 0) is 21.4 Å². The Balaban J connectivity index is 1.55. The number of halogens is 5. The van der Waals surface area contributed by atoms with E-state index in [-0.39, 0.29) is 26.8 Å². The van der Waals surface area contributed by atoms with Crippen LogP contribution in [0.25, 0.3) is 10.9 Å². The Labute approximate surface area is 258 Å². The molecule has 4 rings (SSSR count). The minimum absolute atomic E-state index is 0.00624. The number of rotatable bonds is 9. The average Bonchev–Trinajstić information content (AvgIpc) is 3.26. The Hall–Kier alpha value is -3.23. The predicted octanol–water partition coefficient (Wildman–Crippen LogP) is 0.959. The van der Waals surface area contributed by atoms with Crippen LogP contribution in [0.5, 0.6) is 5.75 Å². The zero-order valence-electron chi connectivity index (χ0n) is 23.6. The summed E-state index contributed by atoms with van der Waals surface area (Å²) in [5.74, 6) is 5.07. The minimum atomic E-state index is -4.49. The number of aromatic nitrogens is 1. The Morgan fingerprint density at radius 1 is 1.19 bits per heavy atom. The molecule has 1 aromatic heterocycles. The van der Waals surface area contributed by atoms with Gasteiger partial charge in [-0.3, -0.25) is 4.79 Å². The summed E-state index contributed by atoms with van der Waals surface area (Å²) in [6.07, 6.45) is -4.71. The number of carbonyl (C=O) groups is 1. The molecule has 0 saturated carbocycles. The molecule has 0 spiro atoms. The van der Waals surface area contributed by atoms with E-state index in [1.807, 2.05) is 16.7 Å². The van der Waals surface area contributed by atoms with E-state index in [2.05, 4.69) is 20.7 Å². The molecule has 1 amide bonds. The fourth-order valence-corrected chi connectivity index (χ4v) is 8.03. The number of amides is 1. The van der Waals surface area contributed by atoms with Crippen molar-refractivity contribution in [3.05, 3.63) is 48.2 Å². The average molecular weight is 737 g/mol. The van der Waals surface area contributed by atoms with E-state index in [1.165, 1.54) is 25.3 Å². The van der Waals surface area contributed by atoms with Crippen molar-refractivity contribution in [1.82, 2.24) is 14.2 Å². The number of sulfonamides is 1. The second-order valence-electron chi connectivity index (χ2n) is 9.93. The van der Waals surface area contributed by atoms with Crippen molar-refractivity contribution < 1.29 is 57.0 Å². The van der Waals surface area contributed by atoms with Crippen LogP contribution in [0.3, 0.4) is 0 Å². The van der Waals surface area contributed by atoms with Gasteiger partial charge in [-0.05, 0) is 0 Å². The van der Waals surface area contributed by atoms with Crippen molar-refractivity contribution in [3.63, 3.8) is 0 Å². The Morgan fingerprint density at radius 3 is 2.63 bits per heavy atom. The molecule has 234 valence electrons. The van der Waals surface area contributed by atoms with Crippen LogP contribution in [-0.4, -0.2) is 73.9 Å². The van der Waals surface area contributed by atoms with Crippen LogP contribution < -0.4 is 39.8 Å². The molecule has 0 aliphatic carbocycles. The summed E-state index contributed by atoms with van der Waals surface area (Å²) in [5.41, 5.74) is 1.57. The molecule has 15 heteroatoms. The molecule has 3 aromatic rings. The number of fused-ring (bicyclic) bond motifs is 1. The zero-order chi connectivity index (χ0) is 31.4. The van der Waals surface area contributed by atoms with Gasteiger partial charge < -0.3 is 0 Å². The molecule has 2 heterocycles. The van der Waals surface area contributed by atoms with E-state index in [1.54, 1.807) is 24.3 Å². The second kappa shape index (κ2) is 13.6. The molecule has 43 heavy (non-hydrogen) atoms. The number of anilines is 2. The third-order valence-corrected chi connectivity index (χ3v) is 11.1. The van der Waals surface area contributed by atoms with Gasteiger partial charge >= 0.3 is 206 Å². The molecule has 3 N–H and O–H groups in total. The molecule has 2 aromatic carbocycles. The van der Waals surface area contributed by atoms with Gasteiger partial charge in [0.2, 0.25) is 5.91 Å². The summed E-state index contributed by atoms with van der Waals surface area (Å²) in [4.78, 5) is 13.0. The molecule has 1 unspecified atom stereocenters. The number of carbonyl (C=O) groups excluding carboxylic acids is 1. The van der Waals surface area contributed by atoms with Gasteiger partial charge in [0.25, 0.3) is 10.0 Å². The second-order valence-corrected chi connectivity index (χ2v) is 14.4. The first kappa shape index (κ1) is 32.7. The van der Waals surface area contributed by atoms with Crippen molar-refractivity contribution in [2.75, 3.05) is 42.6 Å². The molecule has 9 nitrogen and oxygen atoms in total. The van der Waals surface area contributed by atoms with Crippen molar-refractivity contribution in [1.29, 1.82) is 0 Å². The number of alkyl halides is 5. The van der Waals surface area contributed by atoms with E-state index < -0.39 is 56.3 Å². The zero-order valence-corrected chi connectivity index (χ0v) is 26.5. The predicted molar refractivity (Wildman–Crippen MR) is 152 cm³/mol. The summed E-state index contributed by atoms with van der Waals surface area (Å²) >= 11 is -0.797. The summed E-state index contributed by atoms with van der Waals surface area (Å²) in [6.45, 7) is 1.03. The fourth-order valence-electron chi connectivity index (χ4n) is 4.61. The van der Waals surface area contributed by atoms with Crippen molar-refractivity contribution in [2.24, 2.45) is 0 Å². The standard InChI is InChI=1S/C28H31F4IN5O4S/c1-18(39)36-43(40,41)20-9-10-25(27(15-20)42-3)34-12-5-6-19-14-21-24(35-33-23-11-13-37(2)16-22(23)29)7-4-8-26(21)38(19)17-28(30,31)32/h4,7-10,14-15,22-23,34-35H,11-13,16-17H2,1-3H3,(H,36,39)/q-1/t22-,23?/m1/s1. The molecule has 1 fully saturated rings. The number of hydrogen-bond acceptors (Lipinski definition) is 7. The third-order valence-electron chi connectivity index (χ3n) is 6.59. The Kier molecular flexibility index (Phi) is 10.3. The number of benzene rings is 2. The number of nitrogens with zero attached hydrogens (tertiary/aromatic N) is 2. The number of ether oxygens (including phenoxy) is 1. The molecule has 1 saturated heterocycles. The van der Waals surface area contributed by atoms with Gasteiger partial charge in [0, 0.05) is 6.92 Å². The van der Waals surface area contributed by atoms with Gasteiger partial charge in [0.15, 0.2) is 0 Å². The molecular formula is C28H31F4IN5O4S-. The number of methoxy groups -OCH3 is 1. The number of hydrogen-bond donors (Lipinski definition) is 3.